The fourth-order valence-corrected chi connectivity index (χ4v) is 2.01. The molecule has 1 aliphatic heterocycles. The lowest BCUT2D eigenvalue weighted by molar-refractivity contribution is 0.0772. The summed E-state index contributed by atoms with van der Waals surface area (Å²) in [7, 11) is 0. The second-order valence-corrected chi connectivity index (χ2v) is 4.58. The molecule has 1 fully saturated rings. The monoisotopic (exact) mass is 214 g/mol. The zero-order valence-corrected chi connectivity index (χ0v) is 10.5. The summed E-state index contributed by atoms with van der Waals surface area (Å²) in [5.74, 6) is 0. The quantitative estimate of drug-likeness (QED) is 0.678. The average molecular weight is 214 g/mol. The van der Waals surface area contributed by atoms with Gasteiger partial charge in [-0.2, -0.15) is 0 Å². The van der Waals surface area contributed by atoms with Crippen LogP contribution in [0.15, 0.2) is 0 Å². The first-order chi connectivity index (χ1) is 7.22. The van der Waals surface area contributed by atoms with E-state index in [9.17, 15) is 0 Å². The van der Waals surface area contributed by atoms with Crippen LogP contribution in [0.4, 0.5) is 0 Å². The molecule has 1 aliphatic rings. The van der Waals surface area contributed by atoms with Crippen molar-refractivity contribution in [2.24, 2.45) is 0 Å². The van der Waals surface area contributed by atoms with Crippen LogP contribution in [0.25, 0.3) is 0 Å². The van der Waals surface area contributed by atoms with Gasteiger partial charge in [0.1, 0.15) is 0 Å². The number of hydrogen-bond acceptors (Lipinski definition) is 3. The summed E-state index contributed by atoms with van der Waals surface area (Å²) < 4.78 is 5.50. The van der Waals surface area contributed by atoms with Gasteiger partial charge >= 0.3 is 0 Å². The third-order valence-electron chi connectivity index (χ3n) is 3.02. The first-order valence-electron chi connectivity index (χ1n) is 6.29. The normalized spacial score (nSPS) is 20.0. The van der Waals surface area contributed by atoms with Crippen molar-refractivity contribution in [3.63, 3.8) is 0 Å². The second kappa shape index (κ2) is 7.20. The van der Waals surface area contributed by atoms with Crippen molar-refractivity contribution in [3.05, 3.63) is 0 Å². The van der Waals surface area contributed by atoms with Crippen molar-refractivity contribution in [1.29, 1.82) is 0 Å². The maximum absolute atomic E-state index is 5.50. The molecule has 0 unspecified atom stereocenters. The minimum Gasteiger partial charge on any atom is -0.377 e. The smallest absolute Gasteiger partial charge is 0.0594 e. The predicted molar refractivity (Wildman–Crippen MR) is 64.2 cm³/mol. The van der Waals surface area contributed by atoms with Gasteiger partial charge in [-0.25, -0.2) is 0 Å². The highest BCUT2D eigenvalue weighted by atomic mass is 16.5. The molecule has 0 saturated carbocycles. The van der Waals surface area contributed by atoms with Crippen LogP contribution in [0.2, 0.25) is 0 Å². The van der Waals surface area contributed by atoms with E-state index < -0.39 is 0 Å². The summed E-state index contributed by atoms with van der Waals surface area (Å²) >= 11 is 0. The zero-order chi connectivity index (χ0) is 11.1. The zero-order valence-electron chi connectivity index (χ0n) is 10.5. The van der Waals surface area contributed by atoms with Crippen LogP contribution in [-0.4, -0.2) is 49.8 Å². The van der Waals surface area contributed by atoms with Crippen LogP contribution >= 0.6 is 0 Å². The van der Waals surface area contributed by atoms with E-state index in [-0.39, 0.29) is 0 Å². The highest BCUT2D eigenvalue weighted by Crippen LogP contribution is 2.09. The fraction of sp³-hybridized carbons (Fsp3) is 1.00. The number of hydrogen-bond donors (Lipinski definition) is 1. The number of likely N-dealkylation sites (tertiary alicyclic amines) is 1. The largest absolute Gasteiger partial charge is 0.377 e. The summed E-state index contributed by atoms with van der Waals surface area (Å²) in [5.41, 5.74) is 0. The van der Waals surface area contributed by atoms with Gasteiger partial charge in [-0.15, -0.1) is 0 Å². The van der Waals surface area contributed by atoms with Crippen LogP contribution in [0.1, 0.15) is 33.6 Å². The molecule has 1 heterocycles. The highest BCUT2D eigenvalue weighted by Gasteiger charge is 2.16. The Morgan fingerprint density at radius 3 is 2.53 bits per heavy atom. The molecule has 15 heavy (non-hydrogen) atoms. The Hall–Kier alpha value is -0.120. The van der Waals surface area contributed by atoms with Crippen LogP contribution < -0.4 is 5.32 Å². The van der Waals surface area contributed by atoms with Gasteiger partial charge in [-0.3, -0.25) is 0 Å². The molecule has 3 heteroatoms. The molecule has 1 saturated heterocycles. The van der Waals surface area contributed by atoms with Gasteiger partial charge in [0, 0.05) is 12.6 Å². The molecule has 0 spiro atoms. The van der Waals surface area contributed by atoms with Gasteiger partial charge in [-0.1, -0.05) is 6.92 Å². The SMILES string of the molecule is CCN1CCC(NCCOC(C)C)CC1. The molecule has 0 bridgehead atoms. The maximum Gasteiger partial charge on any atom is 0.0594 e. The van der Waals surface area contributed by atoms with E-state index in [0.717, 1.165) is 13.2 Å². The first kappa shape index (κ1) is 12.9. The van der Waals surface area contributed by atoms with E-state index >= 15 is 0 Å². The highest BCUT2D eigenvalue weighted by molar-refractivity contribution is 4.76. The Bertz CT molecular complexity index is 154. The van der Waals surface area contributed by atoms with Gasteiger partial charge in [0.05, 0.1) is 12.7 Å². The topological polar surface area (TPSA) is 24.5 Å². The molecule has 0 aliphatic carbocycles. The lowest BCUT2D eigenvalue weighted by atomic mass is 10.1. The van der Waals surface area contributed by atoms with Gasteiger partial charge in [-0.05, 0) is 46.3 Å². The van der Waals surface area contributed by atoms with Gasteiger partial charge in [0.25, 0.3) is 0 Å². The number of ether oxygens (including phenoxy) is 1. The van der Waals surface area contributed by atoms with E-state index in [2.05, 4.69) is 31.0 Å². The predicted octanol–water partition coefficient (Wildman–Crippen LogP) is 1.49. The molecule has 0 aromatic rings. The van der Waals surface area contributed by atoms with E-state index in [0.29, 0.717) is 12.1 Å². The number of nitrogens with zero attached hydrogens (tertiary/aromatic N) is 1. The van der Waals surface area contributed by atoms with Gasteiger partial charge < -0.3 is 15.0 Å². The van der Waals surface area contributed by atoms with Crippen LogP contribution in [0.3, 0.4) is 0 Å². The third kappa shape index (κ3) is 5.50. The summed E-state index contributed by atoms with van der Waals surface area (Å²) in [4.78, 5) is 2.52. The minimum absolute atomic E-state index is 0.355. The molecule has 0 amide bonds. The Morgan fingerprint density at radius 1 is 1.33 bits per heavy atom. The number of piperidine rings is 1. The first-order valence-corrected chi connectivity index (χ1v) is 6.29. The van der Waals surface area contributed by atoms with Gasteiger partial charge in [0.2, 0.25) is 0 Å². The third-order valence-corrected chi connectivity index (χ3v) is 3.02. The number of rotatable bonds is 6. The molecular formula is C12H26N2O. The van der Waals surface area contributed by atoms with Crippen LogP contribution in [0, 0.1) is 0 Å². The summed E-state index contributed by atoms with van der Waals surface area (Å²) in [5, 5.41) is 3.57. The average Bonchev–Trinajstić information content (AvgIpc) is 2.25. The minimum atomic E-state index is 0.355. The van der Waals surface area contributed by atoms with E-state index in [1.54, 1.807) is 0 Å². The number of nitrogens with one attached hydrogen (secondary N) is 1. The van der Waals surface area contributed by atoms with Crippen molar-refractivity contribution in [2.75, 3.05) is 32.8 Å². The second-order valence-electron chi connectivity index (χ2n) is 4.58. The molecule has 0 aromatic heterocycles. The summed E-state index contributed by atoms with van der Waals surface area (Å²) in [6, 6.07) is 0.712. The van der Waals surface area contributed by atoms with Crippen molar-refractivity contribution < 1.29 is 4.74 Å². The lowest BCUT2D eigenvalue weighted by Gasteiger charge is -2.31. The van der Waals surface area contributed by atoms with E-state index in [1.807, 2.05) is 0 Å². The summed E-state index contributed by atoms with van der Waals surface area (Å²) in [6.45, 7) is 11.9. The summed E-state index contributed by atoms with van der Waals surface area (Å²) in [6.07, 6.45) is 2.93. The molecule has 0 atom stereocenters. The van der Waals surface area contributed by atoms with Crippen molar-refractivity contribution in [3.8, 4) is 0 Å². The van der Waals surface area contributed by atoms with E-state index in [1.165, 1.54) is 32.5 Å². The fourth-order valence-electron chi connectivity index (χ4n) is 2.01. The molecule has 90 valence electrons. The Morgan fingerprint density at radius 2 is 2.00 bits per heavy atom. The van der Waals surface area contributed by atoms with Gasteiger partial charge in [0.15, 0.2) is 0 Å². The van der Waals surface area contributed by atoms with Crippen molar-refractivity contribution in [1.82, 2.24) is 10.2 Å². The molecular weight excluding hydrogens is 188 g/mol. The van der Waals surface area contributed by atoms with Crippen molar-refractivity contribution >= 4 is 0 Å². The van der Waals surface area contributed by atoms with E-state index in [4.69, 9.17) is 4.74 Å². The molecule has 1 N–H and O–H groups in total. The van der Waals surface area contributed by atoms with Crippen LogP contribution in [0.5, 0.6) is 0 Å². The molecule has 0 radical (unpaired) electrons. The lowest BCUT2D eigenvalue weighted by Crippen LogP contribution is -2.43. The van der Waals surface area contributed by atoms with Crippen molar-refractivity contribution in [2.45, 2.75) is 45.8 Å². The standard InChI is InChI=1S/C12H26N2O/c1-4-14-8-5-12(6-9-14)13-7-10-15-11(2)3/h11-13H,4-10H2,1-3H3. The van der Waals surface area contributed by atoms with Crippen LogP contribution in [-0.2, 0) is 4.74 Å². The maximum atomic E-state index is 5.50. The molecule has 3 nitrogen and oxygen atoms in total. The Labute approximate surface area is 94.2 Å². The Kier molecular flexibility index (Phi) is 6.22. The Balaban J connectivity index is 1.99. The molecule has 0 aromatic carbocycles. The molecule has 1 rings (SSSR count).